The molecule has 94 valence electrons. The van der Waals surface area contributed by atoms with Gasteiger partial charge in [0.25, 0.3) is 0 Å². The number of hydrogen-bond donors (Lipinski definition) is 1. The molecule has 1 aliphatic rings. The van der Waals surface area contributed by atoms with E-state index in [1.54, 1.807) is 7.11 Å². The first kappa shape index (κ1) is 13.5. The highest BCUT2D eigenvalue weighted by molar-refractivity contribution is 5.85. The zero-order valence-electron chi connectivity index (χ0n) is 11.1. The second-order valence-electron chi connectivity index (χ2n) is 5.76. The molecule has 1 saturated carbocycles. The number of nitrogens with two attached hydrogens (primary N) is 1. The quantitative estimate of drug-likeness (QED) is 0.594. The van der Waals surface area contributed by atoms with E-state index >= 15 is 0 Å². The van der Waals surface area contributed by atoms with E-state index in [0.717, 1.165) is 0 Å². The van der Waals surface area contributed by atoms with Crippen LogP contribution in [-0.4, -0.2) is 24.6 Å². The van der Waals surface area contributed by atoms with E-state index < -0.39 is 0 Å². The Morgan fingerprint density at radius 2 is 1.81 bits per heavy atom. The summed E-state index contributed by atoms with van der Waals surface area (Å²) in [7, 11) is 1.74. The smallest absolute Gasteiger partial charge is 0.124 e. The monoisotopic (exact) mass is 226 g/mol. The topological polar surface area (TPSA) is 47.6 Å². The van der Waals surface area contributed by atoms with Gasteiger partial charge in [0, 0.05) is 7.11 Å². The van der Waals surface area contributed by atoms with Crippen LogP contribution in [0.4, 0.5) is 0 Å². The zero-order valence-corrected chi connectivity index (χ0v) is 11.1. The lowest BCUT2D eigenvalue weighted by molar-refractivity contribution is 0.0845. The predicted molar refractivity (Wildman–Crippen MR) is 68.7 cm³/mol. The van der Waals surface area contributed by atoms with E-state index in [1.165, 1.54) is 32.1 Å². The van der Waals surface area contributed by atoms with Crippen molar-refractivity contribution in [1.82, 2.24) is 0 Å². The number of aliphatic imine (C=N–C) groups is 1. The van der Waals surface area contributed by atoms with Crippen molar-refractivity contribution in [2.75, 3.05) is 7.11 Å². The van der Waals surface area contributed by atoms with Gasteiger partial charge in [-0.25, -0.2) is 0 Å². The first-order chi connectivity index (χ1) is 7.44. The minimum absolute atomic E-state index is 0.0134. The van der Waals surface area contributed by atoms with Crippen molar-refractivity contribution >= 4 is 5.84 Å². The van der Waals surface area contributed by atoms with Gasteiger partial charge in [-0.1, -0.05) is 19.3 Å². The van der Waals surface area contributed by atoms with Gasteiger partial charge < -0.3 is 10.5 Å². The summed E-state index contributed by atoms with van der Waals surface area (Å²) in [5.41, 5.74) is 5.95. The molecule has 0 saturated heterocycles. The molecular formula is C13H26N2O. The van der Waals surface area contributed by atoms with Crippen LogP contribution in [0, 0.1) is 5.92 Å². The normalized spacial score (nSPS) is 22.1. The lowest BCUT2D eigenvalue weighted by Crippen LogP contribution is -2.39. The van der Waals surface area contributed by atoms with Gasteiger partial charge in [0.2, 0.25) is 0 Å². The molecule has 0 aliphatic heterocycles. The number of nitrogens with zero attached hydrogens (tertiary/aromatic N) is 1. The summed E-state index contributed by atoms with van der Waals surface area (Å²) >= 11 is 0. The summed E-state index contributed by atoms with van der Waals surface area (Å²) in [6.45, 7) is 6.19. The predicted octanol–water partition coefficient (Wildman–Crippen LogP) is 2.74. The summed E-state index contributed by atoms with van der Waals surface area (Å²) in [4.78, 5) is 4.53. The fraction of sp³-hybridized carbons (Fsp3) is 0.923. The summed E-state index contributed by atoms with van der Waals surface area (Å²) in [5, 5.41) is 0. The fourth-order valence-electron chi connectivity index (χ4n) is 2.44. The highest BCUT2D eigenvalue weighted by Gasteiger charge is 2.27. The second kappa shape index (κ2) is 5.67. The van der Waals surface area contributed by atoms with E-state index in [2.05, 4.69) is 25.8 Å². The van der Waals surface area contributed by atoms with Gasteiger partial charge in [-0.15, -0.1) is 0 Å². The Labute approximate surface area is 99.5 Å². The van der Waals surface area contributed by atoms with Crippen molar-refractivity contribution in [1.29, 1.82) is 0 Å². The maximum absolute atomic E-state index is 6.07. The standard InChI is InChI=1S/C13H26N2O/c1-13(2,3)15-12(14)11(16-4)10-8-6-5-7-9-10/h10-11H,5-9H2,1-4H3,(H2,14,15). The minimum Gasteiger partial charge on any atom is -0.385 e. The maximum atomic E-state index is 6.07. The van der Waals surface area contributed by atoms with Crippen LogP contribution < -0.4 is 5.73 Å². The van der Waals surface area contributed by atoms with Crippen LogP contribution in [0.5, 0.6) is 0 Å². The average Bonchev–Trinajstić information content (AvgIpc) is 2.17. The molecule has 1 rings (SSSR count). The van der Waals surface area contributed by atoms with Crippen LogP contribution in [0.3, 0.4) is 0 Å². The van der Waals surface area contributed by atoms with Gasteiger partial charge in [0.1, 0.15) is 11.9 Å². The number of hydrogen-bond acceptors (Lipinski definition) is 2. The lowest BCUT2D eigenvalue weighted by Gasteiger charge is -2.29. The Morgan fingerprint density at radius 3 is 2.25 bits per heavy atom. The van der Waals surface area contributed by atoms with Crippen LogP contribution in [-0.2, 0) is 4.74 Å². The highest BCUT2D eigenvalue weighted by atomic mass is 16.5. The van der Waals surface area contributed by atoms with E-state index in [9.17, 15) is 0 Å². The van der Waals surface area contributed by atoms with Gasteiger partial charge in [0.05, 0.1) is 5.54 Å². The zero-order chi connectivity index (χ0) is 12.2. The molecule has 0 bridgehead atoms. The molecule has 0 heterocycles. The van der Waals surface area contributed by atoms with Crippen LogP contribution in [0.25, 0.3) is 0 Å². The molecule has 0 aromatic heterocycles. The molecule has 0 radical (unpaired) electrons. The molecule has 1 fully saturated rings. The van der Waals surface area contributed by atoms with Crippen LogP contribution in [0.2, 0.25) is 0 Å². The lowest BCUT2D eigenvalue weighted by atomic mass is 9.84. The van der Waals surface area contributed by atoms with E-state index in [1.807, 2.05) is 0 Å². The molecule has 0 amide bonds. The van der Waals surface area contributed by atoms with E-state index in [0.29, 0.717) is 11.8 Å². The third-order valence-corrected chi connectivity index (χ3v) is 3.09. The molecular weight excluding hydrogens is 200 g/mol. The van der Waals surface area contributed by atoms with Crippen LogP contribution in [0.15, 0.2) is 4.99 Å². The molecule has 16 heavy (non-hydrogen) atoms. The molecule has 3 nitrogen and oxygen atoms in total. The van der Waals surface area contributed by atoms with Crippen molar-refractivity contribution in [2.45, 2.75) is 64.5 Å². The summed E-state index contributed by atoms with van der Waals surface area (Å²) in [5.74, 6) is 1.23. The molecule has 0 aromatic rings. The Bertz CT molecular complexity index is 237. The molecule has 1 atom stereocenters. The van der Waals surface area contributed by atoms with Crippen molar-refractivity contribution in [3.63, 3.8) is 0 Å². The van der Waals surface area contributed by atoms with E-state index in [4.69, 9.17) is 10.5 Å². The fourth-order valence-corrected chi connectivity index (χ4v) is 2.44. The largest absolute Gasteiger partial charge is 0.385 e. The molecule has 1 unspecified atom stereocenters. The Morgan fingerprint density at radius 1 is 1.25 bits per heavy atom. The SMILES string of the molecule is COC(C(N)=NC(C)(C)C)C1CCCCC1. The maximum Gasteiger partial charge on any atom is 0.124 e. The van der Waals surface area contributed by atoms with Gasteiger partial charge in [-0.05, 0) is 39.5 Å². The first-order valence-corrected chi connectivity index (χ1v) is 6.32. The van der Waals surface area contributed by atoms with Crippen molar-refractivity contribution in [2.24, 2.45) is 16.6 Å². The van der Waals surface area contributed by atoms with Gasteiger partial charge >= 0.3 is 0 Å². The van der Waals surface area contributed by atoms with Crippen LogP contribution >= 0.6 is 0 Å². The average molecular weight is 226 g/mol. The van der Waals surface area contributed by atoms with Gasteiger partial charge in [-0.2, -0.15) is 0 Å². The number of amidine groups is 1. The molecule has 3 heteroatoms. The number of rotatable bonds is 3. The van der Waals surface area contributed by atoms with Crippen molar-refractivity contribution in [3.05, 3.63) is 0 Å². The first-order valence-electron chi connectivity index (χ1n) is 6.32. The number of methoxy groups -OCH3 is 1. The Hall–Kier alpha value is -0.570. The Kier molecular flexibility index (Phi) is 4.78. The van der Waals surface area contributed by atoms with Crippen LogP contribution in [0.1, 0.15) is 52.9 Å². The molecule has 0 spiro atoms. The van der Waals surface area contributed by atoms with Crippen molar-refractivity contribution in [3.8, 4) is 0 Å². The summed E-state index contributed by atoms with van der Waals surface area (Å²) < 4.78 is 5.54. The number of ether oxygens (including phenoxy) is 1. The molecule has 1 aliphatic carbocycles. The highest BCUT2D eigenvalue weighted by Crippen LogP contribution is 2.28. The van der Waals surface area contributed by atoms with Gasteiger partial charge in [-0.3, -0.25) is 4.99 Å². The summed E-state index contributed by atoms with van der Waals surface area (Å²) in [6, 6.07) is 0. The van der Waals surface area contributed by atoms with E-state index in [-0.39, 0.29) is 11.6 Å². The summed E-state index contributed by atoms with van der Waals surface area (Å²) in [6.07, 6.45) is 6.40. The minimum atomic E-state index is -0.116. The van der Waals surface area contributed by atoms with Gasteiger partial charge in [0.15, 0.2) is 0 Å². The molecule has 2 N–H and O–H groups in total. The third-order valence-electron chi connectivity index (χ3n) is 3.09. The third kappa shape index (κ3) is 4.12. The Balaban J connectivity index is 2.68. The second-order valence-corrected chi connectivity index (χ2v) is 5.76. The molecule has 0 aromatic carbocycles. The van der Waals surface area contributed by atoms with Crippen molar-refractivity contribution < 1.29 is 4.74 Å².